The second-order valence-corrected chi connectivity index (χ2v) is 5.04. The summed E-state index contributed by atoms with van der Waals surface area (Å²) in [5, 5.41) is 10.3. The summed E-state index contributed by atoms with van der Waals surface area (Å²) in [6.45, 7) is 4.35. The maximum absolute atomic E-state index is 10.3. The van der Waals surface area contributed by atoms with Crippen molar-refractivity contribution in [1.82, 2.24) is 0 Å². The molecule has 1 N–H and O–H groups in total. The van der Waals surface area contributed by atoms with E-state index in [2.05, 4.69) is 13.8 Å². The Kier molecular flexibility index (Phi) is 3.72. The lowest BCUT2D eigenvalue weighted by atomic mass is 9.82. The van der Waals surface area contributed by atoms with Crippen molar-refractivity contribution in [2.75, 3.05) is 0 Å². The van der Waals surface area contributed by atoms with E-state index in [9.17, 15) is 5.11 Å². The quantitative estimate of drug-likeness (QED) is 0.857. The number of ether oxygens (including phenoxy) is 1. The number of fused-ring (bicyclic) bond motifs is 1. The van der Waals surface area contributed by atoms with Gasteiger partial charge in [0.15, 0.2) is 0 Å². The van der Waals surface area contributed by atoms with Crippen molar-refractivity contribution in [3.63, 3.8) is 0 Å². The van der Waals surface area contributed by atoms with E-state index in [0.717, 1.165) is 43.4 Å². The highest BCUT2D eigenvalue weighted by Crippen LogP contribution is 2.43. The molecule has 2 heteroatoms. The van der Waals surface area contributed by atoms with Gasteiger partial charge in [-0.2, -0.15) is 0 Å². The molecule has 1 heterocycles. The monoisotopic (exact) mass is 234 g/mol. The zero-order valence-corrected chi connectivity index (χ0v) is 10.8. The van der Waals surface area contributed by atoms with Crippen LogP contribution in [0.3, 0.4) is 0 Å². The van der Waals surface area contributed by atoms with Crippen molar-refractivity contribution < 1.29 is 9.84 Å². The summed E-state index contributed by atoms with van der Waals surface area (Å²) in [7, 11) is 0. The molecule has 1 aliphatic heterocycles. The van der Waals surface area contributed by atoms with E-state index in [-0.39, 0.29) is 11.7 Å². The molecule has 0 aliphatic carbocycles. The first-order chi connectivity index (χ1) is 8.21. The van der Waals surface area contributed by atoms with E-state index in [0.29, 0.717) is 0 Å². The Bertz CT molecular complexity index is 367. The molecule has 1 aromatic rings. The average molecular weight is 234 g/mol. The number of rotatable bonds is 4. The van der Waals surface area contributed by atoms with Crippen LogP contribution >= 0.6 is 0 Å². The highest BCUT2D eigenvalue weighted by Gasteiger charge is 2.38. The molecule has 1 aliphatic rings. The molecule has 1 atom stereocenters. The predicted octanol–water partition coefficient (Wildman–Crippen LogP) is 3.84. The Balaban J connectivity index is 2.29. The highest BCUT2D eigenvalue weighted by atomic mass is 16.5. The zero-order valence-electron chi connectivity index (χ0n) is 10.8. The molecule has 0 bridgehead atoms. The van der Waals surface area contributed by atoms with Crippen LogP contribution in [0.25, 0.3) is 0 Å². The number of hydrogen-bond donors (Lipinski definition) is 1. The Morgan fingerprint density at radius 2 is 1.88 bits per heavy atom. The molecule has 0 amide bonds. The van der Waals surface area contributed by atoms with E-state index in [1.54, 1.807) is 0 Å². The van der Waals surface area contributed by atoms with Crippen molar-refractivity contribution in [3.05, 3.63) is 29.8 Å². The van der Waals surface area contributed by atoms with Gasteiger partial charge in [-0.15, -0.1) is 0 Å². The normalized spacial score (nSPS) is 21.7. The van der Waals surface area contributed by atoms with Crippen LogP contribution in [0.5, 0.6) is 5.75 Å². The van der Waals surface area contributed by atoms with Crippen LogP contribution < -0.4 is 4.74 Å². The molecular weight excluding hydrogens is 212 g/mol. The first-order valence-electron chi connectivity index (χ1n) is 6.67. The number of benzene rings is 1. The Hall–Kier alpha value is -1.02. The summed E-state index contributed by atoms with van der Waals surface area (Å²) in [6.07, 6.45) is 4.58. The molecular formula is C15H22O2. The summed E-state index contributed by atoms with van der Waals surface area (Å²) in [5.41, 5.74) is 0.785. The number of aliphatic hydroxyl groups is 1. The lowest BCUT2D eigenvalue weighted by molar-refractivity contribution is -0.0267. The first kappa shape index (κ1) is 12.4. The highest BCUT2D eigenvalue weighted by molar-refractivity contribution is 5.37. The third-order valence-electron chi connectivity index (χ3n) is 3.58. The molecule has 0 saturated carbocycles. The summed E-state index contributed by atoms with van der Waals surface area (Å²) in [6, 6.07) is 7.86. The lowest BCUT2D eigenvalue weighted by Crippen LogP contribution is -2.41. The fourth-order valence-corrected chi connectivity index (χ4v) is 2.93. The summed E-state index contributed by atoms with van der Waals surface area (Å²) < 4.78 is 6.21. The largest absolute Gasteiger partial charge is 0.487 e. The van der Waals surface area contributed by atoms with Crippen molar-refractivity contribution in [3.8, 4) is 5.75 Å². The van der Waals surface area contributed by atoms with Gasteiger partial charge in [-0.25, -0.2) is 0 Å². The Morgan fingerprint density at radius 1 is 1.24 bits per heavy atom. The van der Waals surface area contributed by atoms with Gasteiger partial charge in [0.05, 0.1) is 6.10 Å². The molecule has 0 aromatic heterocycles. The van der Waals surface area contributed by atoms with Crippen molar-refractivity contribution in [2.45, 2.75) is 57.7 Å². The van der Waals surface area contributed by atoms with Gasteiger partial charge in [-0.05, 0) is 18.9 Å². The third-order valence-corrected chi connectivity index (χ3v) is 3.58. The molecule has 2 nitrogen and oxygen atoms in total. The van der Waals surface area contributed by atoms with Crippen LogP contribution in [0.2, 0.25) is 0 Å². The van der Waals surface area contributed by atoms with Gasteiger partial charge in [0.2, 0.25) is 0 Å². The van der Waals surface area contributed by atoms with Crippen LogP contribution in [0.15, 0.2) is 24.3 Å². The Labute approximate surface area is 104 Å². The van der Waals surface area contributed by atoms with Gasteiger partial charge in [-0.3, -0.25) is 0 Å². The van der Waals surface area contributed by atoms with Crippen LogP contribution in [-0.2, 0) is 0 Å². The fourth-order valence-electron chi connectivity index (χ4n) is 2.93. The van der Waals surface area contributed by atoms with Gasteiger partial charge >= 0.3 is 0 Å². The first-order valence-corrected chi connectivity index (χ1v) is 6.67. The van der Waals surface area contributed by atoms with E-state index in [1.165, 1.54) is 0 Å². The maximum atomic E-state index is 10.3. The van der Waals surface area contributed by atoms with E-state index >= 15 is 0 Å². The van der Waals surface area contributed by atoms with E-state index in [4.69, 9.17) is 4.74 Å². The van der Waals surface area contributed by atoms with E-state index in [1.807, 2.05) is 24.3 Å². The molecule has 0 radical (unpaired) electrons. The summed E-state index contributed by atoms with van der Waals surface area (Å²) in [5.74, 6) is 0.869. The predicted molar refractivity (Wildman–Crippen MR) is 69.2 cm³/mol. The van der Waals surface area contributed by atoms with Gasteiger partial charge in [0.1, 0.15) is 11.4 Å². The second kappa shape index (κ2) is 5.09. The summed E-state index contributed by atoms with van der Waals surface area (Å²) in [4.78, 5) is 0. The average Bonchev–Trinajstić information content (AvgIpc) is 2.29. The number of hydrogen-bond acceptors (Lipinski definition) is 2. The third kappa shape index (κ3) is 2.47. The van der Waals surface area contributed by atoms with Crippen LogP contribution in [0, 0.1) is 0 Å². The maximum Gasteiger partial charge on any atom is 0.125 e. The minimum Gasteiger partial charge on any atom is -0.487 e. The topological polar surface area (TPSA) is 29.5 Å². The van der Waals surface area contributed by atoms with Crippen molar-refractivity contribution in [2.24, 2.45) is 0 Å². The Morgan fingerprint density at radius 3 is 2.53 bits per heavy atom. The standard InChI is InChI=1S/C15H22O2/c1-3-9-15(10-4-2)11-13(16)12-7-5-6-8-14(12)17-15/h5-8,13,16H,3-4,9-11H2,1-2H3/t13-/m1/s1. The minimum atomic E-state index is -0.377. The van der Waals surface area contributed by atoms with Gasteiger partial charge in [0.25, 0.3) is 0 Å². The molecule has 94 valence electrons. The van der Waals surface area contributed by atoms with Gasteiger partial charge in [0, 0.05) is 12.0 Å². The van der Waals surface area contributed by atoms with Crippen LogP contribution in [0.1, 0.15) is 57.6 Å². The second-order valence-electron chi connectivity index (χ2n) is 5.04. The number of para-hydroxylation sites is 1. The van der Waals surface area contributed by atoms with E-state index < -0.39 is 0 Å². The molecule has 0 unspecified atom stereocenters. The molecule has 0 saturated heterocycles. The zero-order chi connectivity index (χ0) is 12.3. The van der Waals surface area contributed by atoms with Crippen LogP contribution in [0.4, 0.5) is 0 Å². The van der Waals surface area contributed by atoms with Gasteiger partial charge in [-0.1, -0.05) is 44.9 Å². The van der Waals surface area contributed by atoms with Crippen LogP contribution in [-0.4, -0.2) is 10.7 Å². The SMILES string of the molecule is CCCC1(CCC)C[C@@H](O)c2ccccc2O1. The van der Waals surface area contributed by atoms with Crippen molar-refractivity contribution >= 4 is 0 Å². The summed E-state index contributed by atoms with van der Waals surface area (Å²) >= 11 is 0. The molecule has 1 aromatic carbocycles. The minimum absolute atomic E-state index is 0.155. The molecule has 17 heavy (non-hydrogen) atoms. The lowest BCUT2D eigenvalue weighted by Gasteiger charge is -2.41. The van der Waals surface area contributed by atoms with Gasteiger partial charge < -0.3 is 9.84 Å². The smallest absolute Gasteiger partial charge is 0.125 e. The fraction of sp³-hybridized carbons (Fsp3) is 0.600. The molecule has 2 rings (SSSR count). The molecule has 0 spiro atoms. The van der Waals surface area contributed by atoms with Crippen molar-refractivity contribution in [1.29, 1.82) is 0 Å². The molecule has 0 fully saturated rings. The number of aliphatic hydroxyl groups excluding tert-OH is 1.